The van der Waals surface area contributed by atoms with Crippen LogP contribution in [0.3, 0.4) is 0 Å². The van der Waals surface area contributed by atoms with Crippen LogP contribution in [0.15, 0.2) is 24.3 Å². The molecule has 5 nitrogen and oxygen atoms in total. The molecule has 2 aliphatic rings. The van der Waals surface area contributed by atoms with Crippen molar-refractivity contribution in [3.05, 3.63) is 35.7 Å². The number of benzene rings is 1. The van der Waals surface area contributed by atoms with Crippen molar-refractivity contribution in [2.75, 3.05) is 5.75 Å². The highest BCUT2D eigenvalue weighted by molar-refractivity contribution is 7.85. The van der Waals surface area contributed by atoms with Crippen molar-refractivity contribution in [3.8, 4) is 0 Å². The van der Waals surface area contributed by atoms with E-state index in [4.69, 9.17) is 9.97 Å². The lowest BCUT2D eigenvalue weighted by atomic mass is 9.70. The van der Waals surface area contributed by atoms with Crippen molar-refractivity contribution >= 4 is 21.2 Å². The van der Waals surface area contributed by atoms with Crippen LogP contribution in [0.2, 0.25) is 0 Å². The molecule has 1 heterocycles. The summed E-state index contributed by atoms with van der Waals surface area (Å²) in [5.74, 6) is -0.0786. The average molecular weight is 318 g/mol. The first-order valence-corrected chi connectivity index (χ1v) is 9.08. The van der Waals surface area contributed by atoms with Crippen LogP contribution in [0, 0.1) is 5.41 Å². The maximum atomic E-state index is 11.6. The number of para-hydroxylation sites is 2. The Labute approximate surface area is 129 Å². The van der Waals surface area contributed by atoms with Gasteiger partial charge in [0, 0.05) is 11.3 Å². The van der Waals surface area contributed by atoms with Crippen molar-refractivity contribution in [3.63, 3.8) is 0 Å². The van der Waals surface area contributed by atoms with Gasteiger partial charge in [0.1, 0.15) is 0 Å². The molecule has 1 aromatic heterocycles. The lowest BCUT2D eigenvalue weighted by Crippen LogP contribution is -2.41. The van der Waals surface area contributed by atoms with E-state index >= 15 is 0 Å². The quantitative estimate of drug-likeness (QED) is 0.861. The summed E-state index contributed by atoms with van der Waals surface area (Å²) >= 11 is 0. The number of rotatable bonds is 2. The fourth-order valence-corrected chi connectivity index (χ4v) is 5.83. The largest absolute Gasteiger partial charge is 0.286 e. The van der Waals surface area contributed by atoms with Crippen LogP contribution in [-0.4, -0.2) is 28.7 Å². The van der Waals surface area contributed by atoms with Gasteiger partial charge >= 0.3 is 0 Å². The van der Waals surface area contributed by atoms with Crippen LogP contribution in [0.5, 0.6) is 0 Å². The monoisotopic (exact) mass is 318 g/mol. The molecule has 1 fully saturated rings. The molecule has 0 aliphatic heterocycles. The van der Waals surface area contributed by atoms with Crippen LogP contribution in [-0.2, 0) is 15.5 Å². The molecule has 1 saturated carbocycles. The summed E-state index contributed by atoms with van der Waals surface area (Å²) in [5.41, 5.74) is 2.38. The second kappa shape index (κ2) is 4.06. The maximum Gasteiger partial charge on any atom is 0.265 e. The van der Waals surface area contributed by atoms with E-state index in [1.807, 2.05) is 24.3 Å². The van der Waals surface area contributed by atoms with Crippen LogP contribution in [0.4, 0.5) is 0 Å². The van der Waals surface area contributed by atoms with Gasteiger partial charge in [-0.05, 0) is 30.4 Å². The van der Waals surface area contributed by atoms with Crippen molar-refractivity contribution in [2.45, 2.75) is 38.0 Å². The normalized spacial score (nSPS) is 29.0. The summed E-state index contributed by atoms with van der Waals surface area (Å²) in [6, 6.07) is 7.65. The zero-order valence-corrected chi connectivity index (χ0v) is 13.4. The van der Waals surface area contributed by atoms with Gasteiger partial charge in [-0.3, -0.25) is 4.55 Å². The molecule has 116 valence electrons. The molecule has 0 spiro atoms. The summed E-state index contributed by atoms with van der Waals surface area (Å²) in [6.07, 6.45) is 1.62. The van der Waals surface area contributed by atoms with E-state index in [2.05, 4.69) is 13.8 Å². The molecular formula is C16H18N2O3S. The van der Waals surface area contributed by atoms with E-state index in [0.717, 1.165) is 35.3 Å². The highest BCUT2D eigenvalue weighted by atomic mass is 32.2. The fourth-order valence-electron chi connectivity index (χ4n) is 4.56. The topological polar surface area (TPSA) is 80.2 Å². The molecule has 0 unspecified atom stereocenters. The molecule has 2 atom stereocenters. The Kier molecular flexibility index (Phi) is 2.60. The molecule has 0 saturated heterocycles. The number of hydrogen-bond donors (Lipinski definition) is 1. The minimum atomic E-state index is -4.09. The van der Waals surface area contributed by atoms with E-state index in [1.54, 1.807) is 0 Å². The first-order valence-electron chi connectivity index (χ1n) is 7.47. The molecule has 4 rings (SSSR count). The summed E-state index contributed by atoms with van der Waals surface area (Å²) in [4.78, 5) is 9.52. The van der Waals surface area contributed by atoms with Crippen molar-refractivity contribution in [2.24, 2.45) is 5.41 Å². The molecule has 1 N–H and O–H groups in total. The molecule has 1 aromatic carbocycles. The molecule has 2 aliphatic carbocycles. The van der Waals surface area contributed by atoms with Gasteiger partial charge in [0.15, 0.2) is 0 Å². The van der Waals surface area contributed by atoms with Crippen LogP contribution in [0.1, 0.15) is 44.0 Å². The highest BCUT2D eigenvalue weighted by Crippen LogP contribution is 2.67. The Balaban J connectivity index is 2.02. The number of aromatic nitrogens is 2. The average Bonchev–Trinajstić information content (AvgIpc) is 2.76. The van der Waals surface area contributed by atoms with Gasteiger partial charge in [0.25, 0.3) is 10.1 Å². The molecule has 0 amide bonds. The lowest BCUT2D eigenvalue weighted by Gasteiger charge is -2.36. The second-order valence-corrected chi connectivity index (χ2v) is 8.52. The van der Waals surface area contributed by atoms with Crippen molar-refractivity contribution in [1.82, 2.24) is 9.97 Å². The Morgan fingerprint density at radius 3 is 2.50 bits per heavy atom. The van der Waals surface area contributed by atoms with Crippen molar-refractivity contribution in [1.29, 1.82) is 0 Å². The van der Waals surface area contributed by atoms with E-state index in [0.29, 0.717) is 0 Å². The van der Waals surface area contributed by atoms with Gasteiger partial charge in [-0.1, -0.05) is 26.0 Å². The molecule has 6 heteroatoms. The third kappa shape index (κ3) is 1.65. The Morgan fingerprint density at radius 1 is 1.23 bits per heavy atom. The summed E-state index contributed by atoms with van der Waals surface area (Å²) in [6.45, 7) is 4.15. The van der Waals surface area contributed by atoms with E-state index in [9.17, 15) is 13.0 Å². The van der Waals surface area contributed by atoms with Gasteiger partial charge in [0.05, 0.1) is 28.2 Å². The van der Waals surface area contributed by atoms with Crippen LogP contribution in [0.25, 0.3) is 11.0 Å². The van der Waals surface area contributed by atoms with Crippen molar-refractivity contribution < 1.29 is 13.0 Å². The first-order chi connectivity index (χ1) is 10.2. The summed E-state index contributed by atoms with van der Waals surface area (Å²) < 4.78 is 32.8. The standard InChI is InChI=1S/C16H18N2O3S/c1-15(2)10-7-8-16(15,9-22(19,20)21)14-13(10)17-11-5-3-4-6-12(11)18-14/h3-6,10H,7-9H2,1-2H3,(H,19,20,21)/t10-,16-/m1/s1. The van der Waals surface area contributed by atoms with Crippen LogP contribution < -0.4 is 0 Å². The fraction of sp³-hybridized carbons (Fsp3) is 0.500. The maximum absolute atomic E-state index is 11.6. The summed E-state index contributed by atoms with van der Waals surface area (Å²) in [5, 5.41) is 0. The van der Waals surface area contributed by atoms with E-state index < -0.39 is 15.5 Å². The molecule has 2 aromatic rings. The van der Waals surface area contributed by atoms with E-state index in [-0.39, 0.29) is 17.1 Å². The third-order valence-corrected chi connectivity index (χ3v) is 6.63. The van der Waals surface area contributed by atoms with Crippen LogP contribution >= 0.6 is 0 Å². The zero-order valence-electron chi connectivity index (χ0n) is 12.6. The van der Waals surface area contributed by atoms with Gasteiger partial charge in [0.2, 0.25) is 0 Å². The highest BCUT2D eigenvalue weighted by Gasteiger charge is 2.65. The third-order valence-electron chi connectivity index (χ3n) is 5.77. The van der Waals surface area contributed by atoms with Gasteiger partial charge in [-0.15, -0.1) is 0 Å². The minimum absolute atomic E-state index is 0.196. The Bertz CT molecular complexity index is 891. The second-order valence-electron chi connectivity index (χ2n) is 7.07. The number of hydrogen-bond acceptors (Lipinski definition) is 4. The Morgan fingerprint density at radius 2 is 1.86 bits per heavy atom. The number of nitrogens with zero attached hydrogens (tertiary/aromatic N) is 2. The Hall–Kier alpha value is -1.53. The first kappa shape index (κ1) is 14.1. The molecular weight excluding hydrogens is 300 g/mol. The number of fused-ring (bicyclic) bond motifs is 6. The van der Waals surface area contributed by atoms with Gasteiger partial charge in [-0.2, -0.15) is 8.42 Å². The lowest BCUT2D eigenvalue weighted by molar-refractivity contribution is 0.226. The molecule has 2 bridgehead atoms. The van der Waals surface area contributed by atoms with E-state index in [1.165, 1.54) is 0 Å². The predicted molar refractivity (Wildman–Crippen MR) is 83.4 cm³/mol. The zero-order chi connectivity index (χ0) is 15.8. The van der Waals surface area contributed by atoms with Gasteiger partial charge in [-0.25, -0.2) is 9.97 Å². The molecule has 22 heavy (non-hydrogen) atoms. The smallest absolute Gasteiger partial charge is 0.265 e. The molecule has 0 radical (unpaired) electrons. The minimum Gasteiger partial charge on any atom is -0.286 e. The summed E-state index contributed by atoms with van der Waals surface area (Å²) in [7, 11) is -4.09. The predicted octanol–water partition coefficient (Wildman–Crippen LogP) is 2.67. The SMILES string of the molecule is CC1(C)[C@@H]2CC[C@@]1(CS(=O)(=O)O)c1nc3ccccc3nc12. The van der Waals surface area contributed by atoms with Gasteiger partial charge < -0.3 is 0 Å².